The van der Waals surface area contributed by atoms with Gasteiger partial charge in [-0.2, -0.15) is 0 Å². The number of hydrogen-bond acceptors (Lipinski definition) is 13. The van der Waals surface area contributed by atoms with Crippen LogP contribution in [0.25, 0.3) is 0 Å². The molecule has 0 saturated carbocycles. The van der Waals surface area contributed by atoms with E-state index in [0.29, 0.717) is 5.56 Å². The molecule has 0 radical (unpaired) electrons. The third-order valence-corrected chi connectivity index (χ3v) is 11.4. The number of carbonyl (C=O) groups is 2. The lowest BCUT2D eigenvalue weighted by atomic mass is 9.97. The molecule has 13 nitrogen and oxygen atoms in total. The topological polar surface area (TPSA) is 158 Å². The van der Waals surface area contributed by atoms with Crippen molar-refractivity contribution < 1.29 is 62.4 Å². The molecule has 2 N–H and O–H groups in total. The van der Waals surface area contributed by atoms with Crippen molar-refractivity contribution in [3.05, 3.63) is 215 Å². The Bertz CT molecular complexity index is 2380. The van der Waals surface area contributed by atoms with Gasteiger partial charge in [0.2, 0.25) is 0 Å². The van der Waals surface area contributed by atoms with Crippen molar-refractivity contribution in [1.29, 1.82) is 0 Å². The third kappa shape index (κ3) is 13.1. The number of carbonyl (C=O) groups excluding carboxylic acids is 2. The zero-order chi connectivity index (χ0) is 46.2. The molecule has 6 aromatic carbocycles. The van der Waals surface area contributed by atoms with Crippen LogP contribution in [0, 0.1) is 0 Å². The highest BCUT2D eigenvalue weighted by Crippen LogP contribution is 2.34. The molecule has 8 rings (SSSR count). The van der Waals surface area contributed by atoms with E-state index in [2.05, 4.69) is 0 Å². The Kier molecular flexibility index (Phi) is 17.0. The first-order valence-electron chi connectivity index (χ1n) is 22.3. The third-order valence-electron chi connectivity index (χ3n) is 11.4. The molecule has 67 heavy (non-hydrogen) atoms. The predicted molar refractivity (Wildman–Crippen MR) is 244 cm³/mol. The van der Waals surface area contributed by atoms with E-state index in [1.165, 1.54) is 0 Å². The summed E-state index contributed by atoms with van der Waals surface area (Å²) in [4.78, 5) is 27.5. The number of rotatable bonds is 20. The molecule has 6 aromatic rings. The Hall–Kier alpha value is -6.10. The Balaban J connectivity index is 1.13. The van der Waals surface area contributed by atoms with Gasteiger partial charge in [0, 0.05) is 0 Å². The maximum atomic E-state index is 14.1. The fraction of sp³-hybridized carbons (Fsp3) is 0.296. The molecule has 2 fully saturated rings. The molecule has 2 heterocycles. The highest BCUT2D eigenvalue weighted by atomic mass is 16.7. The van der Waals surface area contributed by atoms with Crippen LogP contribution in [0.3, 0.4) is 0 Å². The molecule has 10 atom stereocenters. The van der Waals surface area contributed by atoms with Gasteiger partial charge in [-0.1, -0.05) is 158 Å². The maximum Gasteiger partial charge on any atom is 0.338 e. The lowest BCUT2D eigenvalue weighted by Gasteiger charge is -2.46. The zero-order valence-corrected chi connectivity index (χ0v) is 36.7. The highest BCUT2D eigenvalue weighted by molar-refractivity contribution is 5.89. The van der Waals surface area contributed by atoms with Gasteiger partial charge in [-0.05, 0) is 46.5 Å². The van der Waals surface area contributed by atoms with Gasteiger partial charge in [-0.15, -0.1) is 0 Å². The molecular weight excluding hydrogens is 857 g/mol. The molecule has 2 aliphatic rings. The summed E-state index contributed by atoms with van der Waals surface area (Å²) >= 11 is 0. The summed E-state index contributed by atoms with van der Waals surface area (Å²) in [5.41, 5.74) is 3.97. The van der Waals surface area contributed by atoms with Crippen molar-refractivity contribution in [2.45, 2.75) is 87.8 Å². The number of ether oxygens (including phenoxy) is 9. The summed E-state index contributed by atoms with van der Waals surface area (Å²) in [6, 6.07) is 54.9. The molecule has 0 unspecified atom stereocenters. The lowest BCUT2D eigenvalue weighted by Crippen LogP contribution is -2.63. The molecule has 2 aliphatic heterocycles. The molecule has 2 saturated heterocycles. The fourth-order valence-electron chi connectivity index (χ4n) is 7.94. The largest absolute Gasteiger partial charge is 0.459 e. The smallest absolute Gasteiger partial charge is 0.338 e. The van der Waals surface area contributed by atoms with Gasteiger partial charge >= 0.3 is 11.9 Å². The first kappa shape index (κ1) is 47.4. The minimum Gasteiger partial charge on any atom is -0.459 e. The van der Waals surface area contributed by atoms with Crippen molar-refractivity contribution >= 4 is 11.9 Å². The SMILES string of the molecule is O=C(OC[C@H]1O[C@H](OC[C@H]2O[C@H](O)[C@@H](O)[C@@H](OCc3ccccc3)[C@@H]2OCc2ccccc2)[C@@H](OC(=O)c2ccccc2)[C@@H](OCc2ccccc2)[C@@H]1OCc1ccccc1)c1ccccc1. The van der Waals surface area contributed by atoms with Crippen molar-refractivity contribution in [2.24, 2.45) is 0 Å². The summed E-state index contributed by atoms with van der Waals surface area (Å²) < 4.78 is 57.9. The normalized spacial score (nSPS) is 24.9. The van der Waals surface area contributed by atoms with Crippen molar-refractivity contribution in [3.8, 4) is 0 Å². The molecule has 0 aromatic heterocycles. The van der Waals surface area contributed by atoms with Gasteiger partial charge < -0.3 is 52.8 Å². The molecule has 0 bridgehead atoms. The molecule has 348 valence electrons. The van der Waals surface area contributed by atoms with Gasteiger partial charge in [0.05, 0.1) is 44.2 Å². The van der Waals surface area contributed by atoms with Crippen molar-refractivity contribution in [1.82, 2.24) is 0 Å². The lowest BCUT2D eigenvalue weighted by molar-refractivity contribution is -0.339. The summed E-state index contributed by atoms with van der Waals surface area (Å²) in [5, 5.41) is 22.5. The Labute approximate surface area is 389 Å². The van der Waals surface area contributed by atoms with E-state index >= 15 is 0 Å². The number of esters is 2. The number of hydrogen-bond donors (Lipinski definition) is 2. The van der Waals surface area contributed by atoms with Crippen LogP contribution in [0.15, 0.2) is 182 Å². The Morgan fingerprint density at radius 3 is 1.24 bits per heavy atom. The summed E-state index contributed by atoms with van der Waals surface area (Å²) in [6.07, 6.45) is -12.1. The fourth-order valence-corrected chi connectivity index (χ4v) is 7.94. The Morgan fingerprint density at radius 1 is 0.403 bits per heavy atom. The summed E-state index contributed by atoms with van der Waals surface area (Å²) in [6.45, 7) is -0.233. The zero-order valence-electron chi connectivity index (χ0n) is 36.7. The van der Waals surface area contributed by atoms with Gasteiger partial charge in [0.25, 0.3) is 0 Å². The monoisotopic (exact) mass is 910 g/mol. The molecular formula is C54H54O13. The van der Waals surface area contributed by atoms with E-state index in [9.17, 15) is 19.8 Å². The number of aliphatic hydroxyl groups excluding tert-OH is 2. The van der Waals surface area contributed by atoms with Crippen LogP contribution in [0.2, 0.25) is 0 Å². The van der Waals surface area contributed by atoms with Gasteiger partial charge in [-0.25, -0.2) is 9.59 Å². The van der Waals surface area contributed by atoms with Crippen LogP contribution in [0.4, 0.5) is 0 Å². The summed E-state index contributed by atoms with van der Waals surface area (Å²) in [7, 11) is 0. The predicted octanol–water partition coefficient (Wildman–Crippen LogP) is 7.23. The minimum absolute atomic E-state index is 0.0744. The highest BCUT2D eigenvalue weighted by Gasteiger charge is 2.52. The van der Waals surface area contributed by atoms with E-state index in [-0.39, 0.29) is 45.2 Å². The van der Waals surface area contributed by atoms with Gasteiger partial charge in [-0.3, -0.25) is 0 Å². The van der Waals surface area contributed by atoms with Crippen LogP contribution in [-0.2, 0) is 69.1 Å². The standard InChI is InChI=1S/C54H54O13/c55-45-48(61-33-39-23-11-3-12-24-39)46(59-31-37-19-7-1-8-20-37)43(65-53(45)58)36-64-54-50(67-52(57)42-29-17-6-18-30-42)49(62-34-40-25-13-4-14-26-40)47(60-32-38-21-9-2-10-22-38)44(66-54)35-63-51(56)41-27-15-5-16-28-41/h1-30,43-50,53-55,58H,31-36H2/t43-,44-,45+,46-,47-,48-,49+,50+,53+,54+/m1/s1. The van der Waals surface area contributed by atoms with Gasteiger partial charge in [0.15, 0.2) is 18.7 Å². The van der Waals surface area contributed by atoms with Crippen LogP contribution in [-0.4, -0.2) is 96.8 Å². The quantitative estimate of drug-likeness (QED) is 0.0741. The number of benzene rings is 6. The second kappa shape index (κ2) is 24.1. The van der Waals surface area contributed by atoms with E-state index in [1.54, 1.807) is 60.7 Å². The van der Waals surface area contributed by atoms with Crippen molar-refractivity contribution in [3.63, 3.8) is 0 Å². The first-order chi connectivity index (χ1) is 32.9. The van der Waals surface area contributed by atoms with Gasteiger partial charge in [0.1, 0.15) is 49.3 Å². The van der Waals surface area contributed by atoms with Crippen LogP contribution >= 0.6 is 0 Å². The second-order valence-electron chi connectivity index (χ2n) is 16.2. The number of aliphatic hydroxyl groups is 2. The summed E-state index contributed by atoms with van der Waals surface area (Å²) in [5.74, 6) is -1.27. The van der Waals surface area contributed by atoms with Crippen molar-refractivity contribution in [2.75, 3.05) is 13.2 Å². The van der Waals surface area contributed by atoms with E-state index in [1.807, 2.05) is 121 Å². The Morgan fingerprint density at radius 2 is 0.776 bits per heavy atom. The first-order valence-corrected chi connectivity index (χ1v) is 22.3. The van der Waals surface area contributed by atoms with E-state index in [0.717, 1.165) is 22.3 Å². The van der Waals surface area contributed by atoms with E-state index < -0.39 is 73.4 Å². The molecule has 0 aliphatic carbocycles. The second-order valence-corrected chi connectivity index (χ2v) is 16.2. The maximum absolute atomic E-state index is 14.1. The van der Waals surface area contributed by atoms with Crippen LogP contribution < -0.4 is 0 Å². The van der Waals surface area contributed by atoms with Crippen LogP contribution in [0.5, 0.6) is 0 Å². The molecule has 0 amide bonds. The minimum atomic E-state index is -1.69. The molecule has 0 spiro atoms. The average Bonchev–Trinajstić information content (AvgIpc) is 3.38. The van der Waals surface area contributed by atoms with Crippen LogP contribution in [0.1, 0.15) is 43.0 Å². The van der Waals surface area contributed by atoms with E-state index in [4.69, 9.17) is 42.6 Å². The molecule has 13 heteroatoms. The average molecular weight is 911 g/mol.